The average molecular weight is 304 g/mol. The number of aliphatic hydroxyl groups excluding tert-OH is 1. The normalized spacial score (nSPS) is 37.2. The van der Waals surface area contributed by atoms with Crippen LogP contribution >= 0.6 is 0 Å². The molecule has 20 heavy (non-hydrogen) atoms. The summed E-state index contributed by atoms with van der Waals surface area (Å²) in [5.41, 5.74) is 0. The topological polar surface area (TPSA) is 57.2 Å². The Balaban J connectivity index is 1.91. The smallest absolute Gasteiger partial charge is 0.192 e. The Morgan fingerprint density at radius 2 is 1.80 bits per heavy atom. The molecule has 1 N–H and O–H groups in total. The first-order valence-electron chi connectivity index (χ1n) is 7.26. The van der Waals surface area contributed by atoms with Crippen molar-refractivity contribution in [2.24, 2.45) is 0 Å². The molecule has 0 aliphatic carbocycles. The maximum absolute atomic E-state index is 10.3. The summed E-state index contributed by atoms with van der Waals surface area (Å²) in [6.07, 6.45) is -1.99. The molecule has 2 aliphatic heterocycles. The van der Waals surface area contributed by atoms with E-state index in [1.165, 1.54) is 0 Å². The Bertz CT molecular complexity index is 363. The monoisotopic (exact) mass is 304 g/mol. The van der Waals surface area contributed by atoms with Gasteiger partial charge in [-0.15, -0.1) is 0 Å². The predicted octanol–water partition coefficient (Wildman–Crippen LogP) is 2.25. The van der Waals surface area contributed by atoms with Crippen molar-refractivity contribution in [1.29, 1.82) is 0 Å². The molecule has 1 unspecified atom stereocenters. The number of rotatable bonds is 3. The SMILES string of the molecule is CC1(C)OC2O[C@H](CO[Si](C)(C)C(C)(C)C)[C@H](O)[C@H]2O1. The van der Waals surface area contributed by atoms with Crippen molar-refractivity contribution in [3.05, 3.63) is 0 Å². The van der Waals surface area contributed by atoms with Crippen LogP contribution in [0.5, 0.6) is 0 Å². The molecule has 0 aromatic carbocycles. The van der Waals surface area contributed by atoms with Gasteiger partial charge in [0, 0.05) is 0 Å². The van der Waals surface area contributed by atoms with Gasteiger partial charge < -0.3 is 23.7 Å². The zero-order chi connectivity index (χ0) is 15.3. The van der Waals surface area contributed by atoms with Crippen LogP contribution < -0.4 is 0 Å². The molecule has 2 fully saturated rings. The molecule has 6 heteroatoms. The molecule has 0 saturated carbocycles. The maximum Gasteiger partial charge on any atom is 0.192 e. The van der Waals surface area contributed by atoms with E-state index < -0.39 is 32.6 Å². The second-order valence-corrected chi connectivity index (χ2v) is 12.5. The molecule has 5 nitrogen and oxygen atoms in total. The van der Waals surface area contributed by atoms with Crippen molar-refractivity contribution in [2.45, 2.75) is 83.1 Å². The van der Waals surface area contributed by atoms with Gasteiger partial charge in [-0.3, -0.25) is 0 Å². The molecule has 2 aliphatic rings. The van der Waals surface area contributed by atoms with E-state index in [0.717, 1.165) is 0 Å². The zero-order valence-electron chi connectivity index (χ0n) is 13.6. The van der Waals surface area contributed by atoms with Crippen LogP contribution in [0.2, 0.25) is 18.1 Å². The van der Waals surface area contributed by atoms with Gasteiger partial charge >= 0.3 is 0 Å². The van der Waals surface area contributed by atoms with Gasteiger partial charge in [0.15, 0.2) is 20.4 Å². The molecular formula is C14H28O5Si. The summed E-state index contributed by atoms with van der Waals surface area (Å²) in [6, 6.07) is 0. The second kappa shape index (κ2) is 5.03. The average Bonchev–Trinajstić information content (AvgIpc) is 2.69. The lowest BCUT2D eigenvalue weighted by Crippen LogP contribution is -2.45. The van der Waals surface area contributed by atoms with E-state index in [1.54, 1.807) is 0 Å². The zero-order valence-corrected chi connectivity index (χ0v) is 14.6. The first-order valence-corrected chi connectivity index (χ1v) is 10.2. The van der Waals surface area contributed by atoms with E-state index in [-0.39, 0.29) is 11.1 Å². The molecule has 0 amide bonds. The van der Waals surface area contributed by atoms with Gasteiger partial charge in [0.05, 0.1) is 6.61 Å². The molecule has 0 aromatic rings. The highest BCUT2D eigenvalue weighted by molar-refractivity contribution is 6.74. The van der Waals surface area contributed by atoms with Crippen LogP contribution in [0.4, 0.5) is 0 Å². The highest BCUT2D eigenvalue weighted by Crippen LogP contribution is 2.40. The van der Waals surface area contributed by atoms with E-state index in [2.05, 4.69) is 33.9 Å². The first-order chi connectivity index (χ1) is 8.93. The molecular weight excluding hydrogens is 276 g/mol. The van der Waals surface area contributed by atoms with Crippen LogP contribution in [0.3, 0.4) is 0 Å². The van der Waals surface area contributed by atoms with Gasteiger partial charge in [-0.25, -0.2) is 0 Å². The number of hydrogen-bond donors (Lipinski definition) is 1. The van der Waals surface area contributed by atoms with Gasteiger partial charge in [0.2, 0.25) is 0 Å². The van der Waals surface area contributed by atoms with Crippen LogP contribution in [0.15, 0.2) is 0 Å². The molecule has 0 spiro atoms. The van der Waals surface area contributed by atoms with Crippen molar-refractivity contribution in [3.63, 3.8) is 0 Å². The van der Waals surface area contributed by atoms with E-state index in [1.807, 2.05) is 13.8 Å². The Kier molecular flexibility index (Phi) is 4.13. The second-order valence-electron chi connectivity index (χ2n) is 7.70. The van der Waals surface area contributed by atoms with Crippen LogP contribution in [0, 0.1) is 0 Å². The third-order valence-electron chi connectivity index (χ3n) is 4.53. The van der Waals surface area contributed by atoms with Gasteiger partial charge in [-0.05, 0) is 32.0 Å². The molecule has 2 rings (SSSR count). The van der Waals surface area contributed by atoms with Crippen molar-refractivity contribution in [2.75, 3.05) is 6.61 Å². The molecule has 2 saturated heterocycles. The molecule has 0 radical (unpaired) electrons. The molecule has 4 atom stereocenters. The minimum absolute atomic E-state index is 0.140. The number of fused-ring (bicyclic) bond motifs is 1. The van der Waals surface area contributed by atoms with Crippen molar-refractivity contribution in [3.8, 4) is 0 Å². The first kappa shape index (κ1) is 16.4. The van der Waals surface area contributed by atoms with E-state index in [0.29, 0.717) is 6.61 Å². The minimum atomic E-state index is -1.84. The lowest BCUT2D eigenvalue weighted by Gasteiger charge is -2.37. The Hall–Kier alpha value is 0.0169. The van der Waals surface area contributed by atoms with Gasteiger partial charge in [0.25, 0.3) is 0 Å². The maximum atomic E-state index is 10.3. The van der Waals surface area contributed by atoms with E-state index >= 15 is 0 Å². The van der Waals surface area contributed by atoms with Crippen molar-refractivity contribution in [1.82, 2.24) is 0 Å². The number of hydrogen-bond acceptors (Lipinski definition) is 5. The highest BCUT2D eigenvalue weighted by atomic mass is 28.4. The summed E-state index contributed by atoms with van der Waals surface area (Å²) in [4.78, 5) is 0. The Labute approximate surface area is 122 Å². The third-order valence-corrected chi connectivity index (χ3v) is 9.03. The van der Waals surface area contributed by atoms with Gasteiger partial charge in [-0.2, -0.15) is 0 Å². The Morgan fingerprint density at radius 3 is 2.30 bits per heavy atom. The molecule has 0 aromatic heterocycles. The van der Waals surface area contributed by atoms with Crippen LogP contribution in [-0.4, -0.2) is 50.4 Å². The molecule has 2 heterocycles. The summed E-state index contributed by atoms with van der Waals surface area (Å²) in [5, 5.41) is 10.4. The third kappa shape index (κ3) is 3.10. The van der Waals surface area contributed by atoms with Crippen LogP contribution in [0.25, 0.3) is 0 Å². The Morgan fingerprint density at radius 1 is 1.20 bits per heavy atom. The quantitative estimate of drug-likeness (QED) is 0.810. The lowest BCUT2D eigenvalue weighted by molar-refractivity contribution is -0.217. The van der Waals surface area contributed by atoms with Crippen LogP contribution in [-0.2, 0) is 18.6 Å². The van der Waals surface area contributed by atoms with Gasteiger partial charge in [-0.1, -0.05) is 20.8 Å². The molecule has 0 bridgehead atoms. The highest BCUT2D eigenvalue weighted by Gasteiger charge is 2.54. The summed E-state index contributed by atoms with van der Waals surface area (Å²) in [7, 11) is -1.84. The minimum Gasteiger partial charge on any atom is -0.414 e. The van der Waals surface area contributed by atoms with Gasteiger partial charge in [0.1, 0.15) is 18.3 Å². The summed E-state index contributed by atoms with van der Waals surface area (Å²) >= 11 is 0. The summed E-state index contributed by atoms with van der Waals surface area (Å²) in [5.74, 6) is -0.693. The predicted molar refractivity (Wildman–Crippen MR) is 77.9 cm³/mol. The fourth-order valence-electron chi connectivity index (χ4n) is 2.20. The van der Waals surface area contributed by atoms with Crippen LogP contribution in [0.1, 0.15) is 34.6 Å². The number of ether oxygens (including phenoxy) is 3. The molecule has 118 valence electrons. The lowest BCUT2D eigenvalue weighted by atomic mass is 10.1. The standard InChI is InChI=1S/C14H28O5Si/c1-13(2,3)20(6,7)16-8-9-10(15)11-12(17-9)19-14(4,5)18-11/h9-12,15H,8H2,1-7H3/t9-,10+,11-,12?/m1/s1. The fourth-order valence-corrected chi connectivity index (χ4v) is 3.22. The fraction of sp³-hybridized carbons (Fsp3) is 1.00. The van der Waals surface area contributed by atoms with E-state index in [9.17, 15) is 5.11 Å². The van der Waals surface area contributed by atoms with Crippen molar-refractivity contribution >= 4 is 8.32 Å². The van der Waals surface area contributed by atoms with E-state index in [4.69, 9.17) is 18.6 Å². The number of aliphatic hydroxyl groups is 1. The largest absolute Gasteiger partial charge is 0.414 e. The van der Waals surface area contributed by atoms with Crippen molar-refractivity contribution < 1.29 is 23.7 Å². The summed E-state index contributed by atoms with van der Waals surface area (Å²) < 4.78 is 23.1. The summed E-state index contributed by atoms with van der Waals surface area (Å²) in [6.45, 7) is 15.0.